The van der Waals surface area contributed by atoms with Crippen molar-refractivity contribution in [1.29, 1.82) is 0 Å². The maximum atomic E-state index is 12.0. The van der Waals surface area contributed by atoms with Crippen LogP contribution in [0.4, 0.5) is 0 Å². The number of aromatic nitrogens is 2. The zero-order valence-electron chi connectivity index (χ0n) is 7.71. The molecular formula is C11H10N2O. The Labute approximate surface area is 80.8 Å². The van der Waals surface area contributed by atoms with E-state index in [2.05, 4.69) is 9.97 Å². The number of pyridine rings is 2. The number of fused-ring (bicyclic) bond motifs is 2. The van der Waals surface area contributed by atoms with Gasteiger partial charge in [0.25, 0.3) is 0 Å². The van der Waals surface area contributed by atoms with Gasteiger partial charge >= 0.3 is 0 Å². The minimum atomic E-state index is 0.166. The number of aromatic amines is 1. The van der Waals surface area contributed by atoms with E-state index < -0.39 is 0 Å². The van der Waals surface area contributed by atoms with Gasteiger partial charge in [0.05, 0.1) is 5.39 Å². The van der Waals surface area contributed by atoms with E-state index in [0.29, 0.717) is 5.39 Å². The molecule has 0 saturated carbocycles. The first-order chi connectivity index (χ1) is 6.86. The normalized spacial score (nSPS) is 14.6. The third-order valence-corrected chi connectivity index (χ3v) is 2.81. The molecule has 3 nitrogen and oxygen atoms in total. The summed E-state index contributed by atoms with van der Waals surface area (Å²) in [6, 6.07) is 3.64. The summed E-state index contributed by atoms with van der Waals surface area (Å²) >= 11 is 0. The minimum absolute atomic E-state index is 0.166. The average Bonchev–Trinajstić information content (AvgIpc) is 2.66. The van der Waals surface area contributed by atoms with Crippen molar-refractivity contribution in [2.75, 3.05) is 0 Å². The van der Waals surface area contributed by atoms with Crippen LogP contribution in [0.3, 0.4) is 0 Å². The lowest BCUT2D eigenvalue weighted by molar-refractivity contribution is 0.899. The first-order valence-electron chi connectivity index (χ1n) is 4.85. The molecule has 0 radical (unpaired) electrons. The molecule has 0 saturated heterocycles. The van der Waals surface area contributed by atoms with E-state index in [1.54, 1.807) is 12.3 Å². The summed E-state index contributed by atoms with van der Waals surface area (Å²) in [5.74, 6) is 0. The minimum Gasteiger partial charge on any atom is -0.343 e. The van der Waals surface area contributed by atoms with Crippen LogP contribution in [0.1, 0.15) is 17.7 Å². The van der Waals surface area contributed by atoms with Crippen LogP contribution >= 0.6 is 0 Å². The molecule has 1 aliphatic rings. The second-order valence-corrected chi connectivity index (χ2v) is 3.66. The van der Waals surface area contributed by atoms with E-state index in [-0.39, 0.29) is 5.43 Å². The zero-order chi connectivity index (χ0) is 9.54. The Kier molecular flexibility index (Phi) is 1.48. The van der Waals surface area contributed by atoms with Gasteiger partial charge in [-0.3, -0.25) is 4.79 Å². The maximum Gasteiger partial charge on any atom is 0.194 e. The van der Waals surface area contributed by atoms with Crippen molar-refractivity contribution in [3.63, 3.8) is 0 Å². The summed E-state index contributed by atoms with van der Waals surface area (Å²) in [4.78, 5) is 19.4. The van der Waals surface area contributed by atoms with Crippen molar-refractivity contribution in [3.8, 4) is 0 Å². The molecule has 3 rings (SSSR count). The molecule has 0 bridgehead atoms. The smallest absolute Gasteiger partial charge is 0.194 e. The Morgan fingerprint density at radius 2 is 2.29 bits per heavy atom. The van der Waals surface area contributed by atoms with Crippen molar-refractivity contribution >= 4 is 11.0 Å². The Morgan fingerprint density at radius 3 is 3.21 bits per heavy atom. The topological polar surface area (TPSA) is 45.8 Å². The highest BCUT2D eigenvalue weighted by molar-refractivity contribution is 5.75. The zero-order valence-corrected chi connectivity index (χ0v) is 7.71. The third kappa shape index (κ3) is 0.923. The molecule has 0 amide bonds. The Hall–Kier alpha value is -1.64. The summed E-state index contributed by atoms with van der Waals surface area (Å²) in [5, 5.41) is 0.716. The Balaban J connectivity index is 2.50. The van der Waals surface area contributed by atoms with Crippen molar-refractivity contribution in [2.45, 2.75) is 19.3 Å². The molecule has 1 N–H and O–H groups in total. The van der Waals surface area contributed by atoms with Crippen LogP contribution in [-0.2, 0) is 12.8 Å². The van der Waals surface area contributed by atoms with Crippen LogP contribution in [0.2, 0.25) is 0 Å². The van der Waals surface area contributed by atoms with E-state index in [9.17, 15) is 4.79 Å². The van der Waals surface area contributed by atoms with Crippen molar-refractivity contribution in [2.24, 2.45) is 0 Å². The number of aryl methyl sites for hydroxylation is 1. The van der Waals surface area contributed by atoms with Gasteiger partial charge in [-0.25, -0.2) is 4.98 Å². The van der Waals surface area contributed by atoms with Gasteiger partial charge < -0.3 is 4.98 Å². The van der Waals surface area contributed by atoms with Gasteiger partial charge in [0.2, 0.25) is 0 Å². The number of rotatable bonds is 0. The lowest BCUT2D eigenvalue weighted by atomic mass is 10.1. The quantitative estimate of drug-likeness (QED) is 0.676. The molecule has 0 aliphatic heterocycles. The first kappa shape index (κ1) is 7.74. The third-order valence-electron chi connectivity index (χ3n) is 2.81. The van der Waals surface area contributed by atoms with E-state index >= 15 is 0 Å². The highest BCUT2D eigenvalue weighted by atomic mass is 16.1. The largest absolute Gasteiger partial charge is 0.343 e. The summed E-state index contributed by atoms with van der Waals surface area (Å²) in [7, 11) is 0. The van der Waals surface area contributed by atoms with E-state index in [4.69, 9.17) is 0 Å². The summed E-state index contributed by atoms with van der Waals surface area (Å²) in [6.45, 7) is 0. The number of hydrogen-bond donors (Lipinski definition) is 1. The Morgan fingerprint density at radius 1 is 1.36 bits per heavy atom. The second-order valence-electron chi connectivity index (χ2n) is 3.66. The monoisotopic (exact) mass is 186 g/mol. The van der Waals surface area contributed by atoms with Gasteiger partial charge in [-0.1, -0.05) is 0 Å². The predicted octanol–water partition coefficient (Wildman–Crippen LogP) is 1.41. The van der Waals surface area contributed by atoms with Gasteiger partial charge in [0, 0.05) is 17.5 Å². The fourth-order valence-corrected chi connectivity index (χ4v) is 2.13. The molecule has 2 heterocycles. The van der Waals surface area contributed by atoms with Crippen LogP contribution < -0.4 is 5.43 Å². The van der Waals surface area contributed by atoms with E-state index in [0.717, 1.165) is 36.2 Å². The van der Waals surface area contributed by atoms with Crippen LogP contribution in [-0.4, -0.2) is 9.97 Å². The van der Waals surface area contributed by atoms with Gasteiger partial charge in [-0.15, -0.1) is 0 Å². The fraction of sp³-hybridized carbons (Fsp3) is 0.273. The molecule has 0 unspecified atom stereocenters. The molecule has 0 aromatic carbocycles. The van der Waals surface area contributed by atoms with E-state index in [1.165, 1.54) is 0 Å². The van der Waals surface area contributed by atoms with Crippen molar-refractivity contribution in [1.82, 2.24) is 9.97 Å². The van der Waals surface area contributed by atoms with E-state index in [1.807, 2.05) is 6.07 Å². The molecule has 2 aromatic heterocycles. The molecule has 14 heavy (non-hydrogen) atoms. The number of hydrogen-bond acceptors (Lipinski definition) is 2. The molecular weight excluding hydrogens is 176 g/mol. The fourth-order valence-electron chi connectivity index (χ4n) is 2.13. The van der Waals surface area contributed by atoms with Crippen molar-refractivity contribution < 1.29 is 0 Å². The highest BCUT2D eigenvalue weighted by Gasteiger charge is 2.16. The molecule has 0 atom stereocenters. The lowest BCUT2D eigenvalue weighted by Gasteiger charge is -2.01. The van der Waals surface area contributed by atoms with Gasteiger partial charge in [0.15, 0.2) is 5.43 Å². The molecule has 0 spiro atoms. The standard InChI is InChI=1S/C11H10N2O/c14-10-7-3-1-5-9(7)13-11-8(10)4-2-6-12-11/h2,4,6H,1,3,5H2,(H,12,13,14). The maximum absolute atomic E-state index is 12.0. The lowest BCUT2D eigenvalue weighted by Crippen LogP contribution is -2.10. The SMILES string of the molecule is O=c1c2c([nH]c3ncccc13)CCC2. The van der Waals surface area contributed by atoms with Crippen LogP contribution in [0, 0.1) is 0 Å². The van der Waals surface area contributed by atoms with Crippen LogP contribution in [0.25, 0.3) is 11.0 Å². The van der Waals surface area contributed by atoms with Crippen LogP contribution in [0.5, 0.6) is 0 Å². The summed E-state index contributed by atoms with van der Waals surface area (Å²) in [5.41, 5.74) is 2.93. The molecule has 70 valence electrons. The van der Waals surface area contributed by atoms with Gasteiger partial charge in [-0.2, -0.15) is 0 Å². The highest BCUT2D eigenvalue weighted by Crippen LogP contribution is 2.18. The van der Waals surface area contributed by atoms with Gasteiger partial charge in [0.1, 0.15) is 5.65 Å². The number of nitrogens with zero attached hydrogens (tertiary/aromatic N) is 1. The number of H-pyrrole nitrogens is 1. The summed E-state index contributed by atoms with van der Waals surface area (Å²) in [6.07, 6.45) is 4.68. The first-order valence-corrected chi connectivity index (χ1v) is 4.85. The predicted molar refractivity (Wildman–Crippen MR) is 54.4 cm³/mol. The summed E-state index contributed by atoms with van der Waals surface area (Å²) < 4.78 is 0. The molecule has 2 aromatic rings. The molecule has 0 fully saturated rings. The average molecular weight is 186 g/mol. The van der Waals surface area contributed by atoms with Gasteiger partial charge in [-0.05, 0) is 31.4 Å². The second kappa shape index (κ2) is 2.67. The van der Waals surface area contributed by atoms with Crippen LogP contribution in [0.15, 0.2) is 23.1 Å². The van der Waals surface area contributed by atoms with Crippen molar-refractivity contribution in [3.05, 3.63) is 39.8 Å². The molecule has 1 aliphatic carbocycles. The Bertz CT molecular complexity index is 557. The number of nitrogens with one attached hydrogen (secondary N) is 1. The molecule has 3 heteroatoms.